The molecule has 1 aliphatic heterocycles. The van der Waals surface area contributed by atoms with Gasteiger partial charge >= 0.3 is 0 Å². The van der Waals surface area contributed by atoms with E-state index in [-0.39, 0.29) is 36.3 Å². The smallest absolute Gasteiger partial charge is 0.164 e. The van der Waals surface area contributed by atoms with Gasteiger partial charge in [-0.25, -0.2) is 0 Å². The van der Waals surface area contributed by atoms with E-state index in [0.29, 0.717) is 5.75 Å². The maximum absolute atomic E-state index is 5.68. The Morgan fingerprint density at radius 3 is 1.80 bits per heavy atom. The van der Waals surface area contributed by atoms with Gasteiger partial charge < -0.3 is 19.5 Å². The molecule has 0 amide bonds. The lowest BCUT2D eigenvalue weighted by Crippen LogP contribution is -2.48. The summed E-state index contributed by atoms with van der Waals surface area (Å²) in [5.74, 6) is 2.29. The lowest BCUT2D eigenvalue weighted by molar-refractivity contribution is 0.0839. The van der Waals surface area contributed by atoms with Gasteiger partial charge in [0.15, 0.2) is 11.5 Å². The summed E-state index contributed by atoms with van der Waals surface area (Å²) in [6, 6.07) is 4.24. The predicted molar refractivity (Wildman–Crippen MR) is 107 cm³/mol. The van der Waals surface area contributed by atoms with Gasteiger partial charge in [-0.3, -0.25) is 4.90 Å². The van der Waals surface area contributed by atoms with Crippen molar-refractivity contribution in [2.45, 2.75) is 26.8 Å². The van der Waals surface area contributed by atoms with Crippen molar-refractivity contribution in [3.8, 4) is 17.2 Å². The Hall–Kier alpha value is -0.880. The number of benzene rings is 1. The van der Waals surface area contributed by atoms with Gasteiger partial charge in [-0.05, 0) is 11.5 Å². The second kappa shape index (κ2) is 10.3. The zero-order valence-electron chi connectivity index (χ0n) is 16.0. The minimum absolute atomic E-state index is 0. The van der Waals surface area contributed by atoms with E-state index in [0.717, 1.165) is 43.2 Å². The van der Waals surface area contributed by atoms with Crippen LogP contribution in [0.2, 0.25) is 0 Å². The predicted octanol–water partition coefficient (Wildman–Crippen LogP) is 3.55. The SMILES string of the molecule is COc1cc(OC)c([C@@H](N2CCNCC2)C(C)(C)C)cc1OC.Cl.Cl. The summed E-state index contributed by atoms with van der Waals surface area (Å²) in [6.45, 7) is 10.9. The highest BCUT2D eigenvalue weighted by Gasteiger charge is 2.35. The first kappa shape index (κ1) is 24.1. The normalized spacial score (nSPS) is 16.2. The van der Waals surface area contributed by atoms with Crippen LogP contribution in [0.15, 0.2) is 12.1 Å². The minimum atomic E-state index is 0. The van der Waals surface area contributed by atoms with Crippen LogP contribution in [0.25, 0.3) is 0 Å². The second-order valence-corrected chi connectivity index (χ2v) is 7.00. The summed E-state index contributed by atoms with van der Waals surface area (Å²) in [6.07, 6.45) is 0. The Labute approximate surface area is 164 Å². The highest BCUT2D eigenvalue weighted by Crippen LogP contribution is 2.45. The van der Waals surface area contributed by atoms with Crippen LogP contribution in [0, 0.1) is 5.41 Å². The van der Waals surface area contributed by atoms with Gasteiger partial charge in [-0.15, -0.1) is 24.8 Å². The second-order valence-electron chi connectivity index (χ2n) is 7.00. The molecule has 1 N–H and O–H groups in total. The molecule has 1 aromatic carbocycles. The van der Waals surface area contributed by atoms with Gasteiger partial charge in [0.1, 0.15) is 5.75 Å². The van der Waals surface area contributed by atoms with Gasteiger partial charge in [-0.2, -0.15) is 0 Å². The van der Waals surface area contributed by atoms with Crippen molar-refractivity contribution in [2.24, 2.45) is 5.41 Å². The monoisotopic (exact) mass is 394 g/mol. The van der Waals surface area contributed by atoms with E-state index in [4.69, 9.17) is 14.2 Å². The number of hydrogen-bond donors (Lipinski definition) is 1. The van der Waals surface area contributed by atoms with Gasteiger partial charge in [0.05, 0.1) is 21.3 Å². The van der Waals surface area contributed by atoms with E-state index in [1.807, 2.05) is 6.07 Å². The molecule has 5 nitrogen and oxygen atoms in total. The molecule has 1 heterocycles. The molecular weight excluding hydrogens is 363 g/mol. The van der Waals surface area contributed by atoms with Crippen LogP contribution in [0.3, 0.4) is 0 Å². The number of hydrogen-bond acceptors (Lipinski definition) is 5. The number of rotatable bonds is 5. The Morgan fingerprint density at radius 2 is 1.36 bits per heavy atom. The number of piperazine rings is 1. The Bertz CT molecular complexity index is 530. The van der Waals surface area contributed by atoms with Crippen molar-refractivity contribution in [3.05, 3.63) is 17.7 Å². The van der Waals surface area contributed by atoms with Gasteiger partial charge in [0.2, 0.25) is 0 Å². The Morgan fingerprint density at radius 1 is 0.880 bits per heavy atom. The highest BCUT2D eigenvalue weighted by atomic mass is 35.5. The molecule has 146 valence electrons. The summed E-state index contributed by atoms with van der Waals surface area (Å²) >= 11 is 0. The average Bonchev–Trinajstić information content (AvgIpc) is 2.54. The van der Waals surface area contributed by atoms with E-state index < -0.39 is 0 Å². The maximum atomic E-state index is 5.68. The number of methoxy groups -OCH3 is 3. The molecule has 7 heteroatoms. The van der Waals surface area contributed by atoms with Crippen LogP contribution in [-0.4, -0.2) is 52.4 Å². The summed E-state index contributed by atoms with van der Waals surface area (Å²) in [5, 5.41) is 3.42. The van der Waals surface area contributed by atoms with Crippen molar-refractivity contribution in [1.29, 1.82) is 0 Å². The summed E-state index contributed by atoms with van der Waals surface area (Å²) in [7, 11) is 5.03. The molecule has 0 radical (unpaired) electrons. The quantitative estimate of drug-likeness (QED) is 0.826. The molecule has 25 heavy (non-hydrogen) atoms. The lowest BCUT2D eigenvalue weighted by atomic mass is 9.80. The van der Waals surface area contributed by atoms with Crippen molar-refractivity contribution in [3.63, 3.8) is 0 Å². The molecule has 0 spiro atoms. The Kier molecular flexibility index (Phi) is 9.95. The van der Waals surface area contributed by atoms with Crippen molar-refractivity contribution in [2.75, 3.05) is 47.5 Å². The molecule has 2 rings (SSSR count). The van der Waals surface area contributed by atoms with Crippen LogP contribution in [0.4, 0.5) is 0 Å². The van der Waals surface area contributed by atoms with Crippen molar-refractivity contribution in [1.82, 2.24) is 10.2 Å². The third-order valence-electron chi connectivity index (χ3n) is 4.37. The molecule has 1 aliphatic rings. The van der Waals surface area contributed by atoms with E-state index >= 15 is 0 Å². The average molecular weight is 395 g/mol. The van der Waals surface area contributed by atoms with Crippen LogP contribution in [0.1, 0.15) is 32.4 Å². The van der Waals surface area contributed by atoms with Crippen LogP contribution < -0.4 is 19.5 Å². The van der Waals surface area contributed by atoms with Crippen LogP contribution in [0.5, 0.6) is 17.2 Å². The third-order valence-corrected chi connectivity index (χ3v) is 4.37. The minimum Gasteiger partial charge on any atom is -0.496 e. The molecule has 0 aliphatic carbocycles. The van der Waals surface area contributed by atoms with Crippen LogP contribution in [-0.2, 0) is 0 Å². The van der Waals surface area contributed by atoms with Crippen molar-refractivity contribution < 1.29 is 14.2 Å². The van der Waals surface area contributed by atoms with E-state index in [9.17, 15) is 0 Å². The largest absolute Gasteiger partial charge is 0.496 e. The first-order valence-electron chi connectivity index (χ1n) is 8.17. The fraction of sp³-hybridized carbons (Fsp3) is 0.667. The summed E-state index contributed by atoms with van der Waals surface area (Å²) < 4.78 is 16.6. The van der Waals surface area contributed by atoms with E-state index in [1.165, 1.54) is 0 Å². The first-order valence-corrected chi connectivity index (χ1v) is 8.17. The fourth-order valence-electron chi connectivity index (χ4n) is 3.42. The molecule has 1 aromatic rings. The number of ether oxygens (including phenoxy) is 3. The molecule has 0 unspecified atom stereocenters. The lowest BCUT2D eigenvalue weighted by Gasteiger charge is -2.43. The summed E-state index contributed by atoms with van der Waals surface area (Å²) in [4.78, 5) is 2.53. The molecule has 0 bridgehead atoms. The molecule has 0 saturated carbocycles. The van der Waals surface area contributed by atoms with Crippen molar-refractivity contribution >= 4 is 24.8 Å². The van der Waals surface area contributed by atoms with Gasteiger partial charge in [0, 0.05) is 43.9 Å². The zero-order valence-corrected chi connectivity index (χ0v) is 17.7. The van der Waals surface area contributed by atoms with E-state index in [1.54, 1.807) is 21.3 Å². The number of halogens is 2. The van der Waals surface area contributed by atoms with Gasteiger partial charge in [-0.1, -0.05) is 20.8 Å². The molecule has 1 fully saturated rings. The highest BCUT2D eigenvalue weighted by molar-refractivity contribution is 5.85. The third kappa shape index (κ3) is 5.55. The zero-order chi connectivity index (χ0) is 17.0. The number of nitrogens with one attached hydrogen (secondary N) is 1. The fourth-order valence-corrected chi connectivity index (χ4v) is 3.42. The van der Waals surface area contributed by atoms with E-state index in [2.05, 4.69) is 37.1 Å². The summed E-state index contributed by atoms with van der Waals surface area (Å²) in [5.41, 5.74) is 1.23. The number of nitrogens with zero attached hydrogens (tertiary/aromatic N) is 1. The maximum Gasteiger partial charge on any atom is 0.164 e. The standard InChI is InChI=1S/C18H30N2O3.2ClH/c1-18(2,3)17(20-9-7-19-8-10-20)13-11-15(22-5)16(23-6)12-14(13)21-4;;/h11-12,17,19H,7-10H2,1-6H3;2*1H/t17-;;/m1../s1. The molecule has 0 aromatic heterocycles. The molecule has 1 saturated heterocycles. The first-order chi connectivity index (χ1) is 10.9. The molecular formula is C18H32Cl2N2O3. The Balaban J connectivity index is 0.00000288. The molecule has 1 atom stereocenters. The van der Waals surface area contributed by atoms with Gasteiger partial charge in [0.25, 0.3) is 0 Å². The topological polar surface area (TPSA) is 43.0 Å². The van der Waals surface area contributed by atoms with Crippen LogP contribution >= 0.6 is 24.8 Å².